The summed E-state index contributed by atoms with van der Waals surface area (Å²) in [6, 6.07) is 0. The lowest BCUT2D eigenvalue weighted by Gasteiger charge is -2.00. The fraction of sp³-hybridized carbons (Fsp3) is 0.0857. The van der Waals surface area contributed by atoms with Crippen LogP contribution in [0.2, 0.25) is 0 Å². The van der Waals surface area contributed by atoms with Crippen molar-refractivity contribution in [1.82, 2.24) is 0 Å². The van der Waals surface area contributed by atoms with Gasteiger partial charge in [-0.3, -0.25) is 9.59 Å². The van der Waals surface area contributed by atoms with E-state index in [0.29, 0.717) is 0 Å². The van der Waals surface area contributed by atoms with E-state index in [0.717, 1.165) is 28.7 Å². The minimum absolute atomic E-state index is 0.107. The van der Waals surface area contributed by atoms with Gasteiger partial charge in [0.2, 0.25) is 0 Å². The maximum atomic E-state index is 11.7. The molecular formula is C35H32O2. The molecule has 184 valence electrons. The average molecular weight is 485 g/mol. The van der Waals surface area contributed by atoms with E-state index < -0.39 is 0 Å². The number of carbonyl (C=O) groups excluding carboxylic acids is 2. The van der Waals surface area contributed by atoms with Crippen LogP contribution in [0.15, 0.2) is 156 Å². The summed E-state index contributed by atoms with van der Waals surface area (Å²) in [4.78, 5) is 23.5. The van der Waals surface area contributed by atoms with E-state index in [1.54, 1.807) is 50.3 Å². The lowest BCUT2D eigenvalue weighted by atomic mass is 10.0. The van der Waals surface area contributed by atoms with Crippen molar-refractivity contribution in [3.05, 3.63) is 156 Å². The maximum Gasteiger partial charge on any atom is 0.178 e. The zero-order chi connectivity index (χ0) is 27.1. The smallest absolute Gasteiger partial charge is 0.178 e. The molecular weight excluding hydrogens is 452 g/mol. The first-order chi connectivity index (χ1) is 17.9. The second kappa shape index (κ2) is 19.4. The van der Waals surface area contributed by atoms with Crippen molar-refractivity contribution >= 4 is 11.6 Å². The zero-order valence-electron chi connectivity index (χ0n) is 21.4. The van der Waals surface area contributed by atoms with Crippen molar-refractivity contribution < 1.29 is 9.59 Å². The largest absolute Gasteiger partial charge is 0.290 e. The third-order valence-corrected chi connectivity index (χ3v) is 4.62. The standard InChI is InChI=1S/C35H32O2/c1-5-30(3)19-17-27-34(36)25-13-9-7-11-21-32-23-15-16-24-33(29-32)22-12-8-10-14-26-35(37)28-18-20-31(4)6-2/h1-2,7-28H,29H2,3-4H3/b9-7+,10-8+,21-11+,22-12+,25-13+,26-14+,27-17+,28-18+,30-19-,31-20-. The Morgan fingerprint density at radius 2 is 1.00 bits per heavy atom. The van der Waals surface area contributed by atoms with Crippen LogP contribution in [0.4, 0.5) is 0 Å². The topological polar surface area (TPSA) is 34.1 Å². The van der Waals surface area contributed by atoms with E-state index >= 15 is 0 Å². The van der Waals surface area contributed by atoms with Crippen LogP contribution in [0.5, 0.6) is 0 Å². The SMILES string of the molecule is C#C/C(C)=C\C=C\C(=O)/C=C/C=C/C=C/C1=CC=CC=C(/C=C/C=C/C=C/C(=O)/C=C/C=C(/C)C#C)C1. The molecule has 37 heavy (non-hydrogen) atoms. The molecule has 1 rings (SSSR count). The Labute approximate surface area is 221 Å². The van der Waals surface area contributed by atoms with Crippen molar-refractivity contribution in [2.75, 3.05) is 0 Å². The van der Waals surface area contributed by atoms with Crippen LogP contribution in [0.3, 0.4) is 0 Å². The highest BCUT2D eigenvalue weighted by Gasteiger charge is 1.98. The lowest BCUT2D eigenvalue weighted by molar-refractivity contribution is -0.111. The molecule has 0 aliphatic heterocycles. The van der Waals surface area contributed by atoms with E-state index in [4.69, 9.17) is 12.8 Å². The third kappa shape index (κ3) is 16.4. The first-order valence-electron chi connectivity index (χ1n) is 11.7. The van der Waals surface area contributed by atoms with Gasteiger partial charge < -0.3 is 0 Å². The Kier molecular flexibility index (Phi) is 15.8. The van der Waals surface area contributed by atoms with E-state index in [9.17, 15) is 9.59 Å². The van der Waals surface area contributed by atoms with Gasteiger partial charge >= 0.3 is 0 Å². The van der Waals surface area contributed by atoms with Gasteiger partial charge in [-0.25, -0.2) is 0 Å². The van der Waals surface area contributed by atoms with E-state index in [1.807, 2.05) is 60.8 Å². The molecule has 2 nitrogen and oxygen atoms in total. The number of hydrogen-bond donors (Lipinski definition) is 0. The summed E-state index contributed by atoms with van der Waals surface area (Å²) in [5.41, 5.74) is 3.84. The van der Waals surface area contributed by atoms with Gasteiger partial charge in [-0.15, -0.1) is 12.8 Å². The van der Waals surface area contributed by atoms with Crippen molar-refractivity contribution in [1.29, 1.82) is 0 Å². The van der Waals surface area contributed by atoms with Gasteiger partial charge in [-0.05, 0) is 66.9 Å². The summed E-state index contributed by atoms with van der Waals surface area (Å²) < 4.78 is 0. The van der Waals surface area contributed by atoms with Crippen LogP contribution in [0.25, 0.3) is 0 Å². The molecule has 0 fully saturated rings. The molecule has 0 N–H and O–H groups in total. The molecule has 0 spiro atoms. The summed E-state index contributed by atoms with van der Waals surface area (Å²) >= 11 is 0. The third-order valence-electron chi connectivity index (χ3n) is 4.62. The van der Waals surface area contributed by atoms with E-state index in [-0.39, 0.29) is 11.6 Å². The number of allylic oxidation sites excluding steroid dienone is 26. The Bertz CT molecular complexity index is 1190. The highest BCUT2D eigenvalue weighted by molar-refractivity contribution is 5.99. The number of carbonyl (C=O) groups is 2. The quantitative estimate of drug-likeness (QED) is 0.163. The molecule has 0 aromatic heterocycles. The number of rotatable bonds is 12. The minimum Gasteiger partial charge on any atom is -0.290 e. The van der Waals surface area contributed by atoms with Gasteiger partial charge in [-0.1, -0.05) is 121 Å². The highest BCUT2D eigenvalue weighted by Crippen LogP contribution is 2.17. The predicted molar refractivity (Wildman–Crippen MR) is 158 cm³/mol. The molecule has 0 radical (unpaired) electrons. The molecule has 0 aromatic carbocycles. The monoisotopic (exact) mass is 484 g/mol. The Morgan fingerprint density at radius 1 is 0.622 bits per heavy atom. The second-order valence-corrected chi connectivity index (χ2v) is 7.76. The van der Waals surface area contributed by atoms with E-state index in [1.165, 1.54) is 24.3 Å². The molecule has 0 saturated carbocycles. The van der Waals surface area contributed by atoms with Crippen LogP contribution in [0, 0.1) is 24.7 Å². The Morgan fingerprint density at radius 3 is 1.41 bits per heavy atom. The number of hydrogen-bond acceptors (Lipinski definition) is 2. The molecule has 1 aliphatic carbocycles. The van der Waals surface area contributed by atoms with Gasteiger partial charge in [0.1, 0.15) is 0 Å². The van der Waals surface area contributed by atoms with Crippen LogP contribution < -0.4 is 0 Å². The van der Waals surface area contributed by atoms with Crippen molar-refractivity contribution in [3.8, 4) is 24.7 Å². The van der Waals surface area contributed by atoms with Gasteiger partial charge in [0.15, 0.2) is 11.6 Å². The summed E-state index contributed by atoms with van der Waals surface area (Å²) in [5.74, 6) is 4.77. The van der Waals surface area contributed by atoms with Crippen LogP contribution in [-0.4, -0.2) is 11.6 Å². The molecule has 0 saturated heterocycles. The maximum absolute atomic E-state index is 11.7. The predicted octanol–water partition coefficient (Wildman–Crippen LogP) is 7.55. The fourth-order valence-electron chi connectivity index (χ4n) is 2.64. The summed E-state index contributed by atoms with van der Waals surface area (Å²) in [7, 11) is 0. The molecule has 2 heteroatoms. The molecule has 0 unspecified atom stereocenters. The van der Waals surface area contributed by atoms with Crippen molar-refractivity contribution in [3.63, 3.8) is 0 Å². The number of terminal acetylenes is 2. The van der Waals surface area contributed by atoms with Gasteiger partial charge in [-0.2, -0.15) is 0 Å². The van der Waals surface area contributed by atoms with Gasteiger partial charge in [0.05, 0.1) is 0 Å². The normalized spacial score (nSPS) is 15.6. The van der Waals surface area contributed by atoms with Crippen LogP contribution in [0.1, 0.15) is 20.3 Å². The molecule has 0 bridgehead atoms. The fourth-order valence-corrected chi connectivity index (χ4v) is 2.64. The summed E-state index contributed by atoms with van der Waals surface area (Å²) in [6.07, 6.45) is 50.8. The first kappa shape index (κ1) is 30.1. The second-order valence-electron chi connectivity index (χ2n) is 7.76. The van der Waals surface area contributed by atoms with E-state index in [2.05, 4.69) is 24.0 Å². The lowest BCUT2D eigenvalue weighted by Crippen LogP contribution is -1.83. The van der Waals surface area contributed by atoms with Crippen molar-refractivity contribution in [2.24, 2.45) is 0 Å². The molecule has 0 atom stereocenters. The molecule has 1 aliphatic rings. The first-order valence-corrected chi connectivity index (χ1v) is 11.7. The average Bonchev–Trinajstić information content (AvgIpc) is 3.12. The van der Waals surface area contributed by atoms with Crippen LogP contribution >= 0.6 is 0 Å². The van der Waals surface area contributed by atoms with Gasteiger partial charge in [0.25, 0.3) is 0 Å². The van der Waals surface area contributed by atoms with Crippen LogP contribution in [-0.2, 0) is 9.59 Å². The Balaban J connectivity index is 2.53. The molecule has 0 aromatic rings. The summed E-state index contributed by atoms with van der Waals surface area (Å²) in [5, 5.41) is 0. The highest BCUT2D eigenvalue weighted by atomic mass is 16.1. The number of ketones is 2. The molecule has 0 heterocycles. The summed E-state index contributed by atoms with van der Waals surface area (Å²) in [6.45, 7) is 3.61. The molecule has 0 amide bonds. The zero-order valence-corrected chi connectivity index (χ0v) is 21.4. The van der Waals surface area contributed by atoms with Crippen molar-refractivity contribution in [2.45, 2.75) is 20.3 Å². The van der Waals surface area contributed by atoms with Gasteiger partial charge in [0, 0.05) is 0 Å². The Hall–Kier alpha value is -4.92. The minimum atomic E-state index is -0.107.